The molecule has 3 aromatic rings. The molecule has 6 heteroatoms. The summed E-state index contributed by atoms with van der Waals surface area (Å²) >= 11 is 0. The van der Waals surface area contributed by atoms with E-state index in [-0.39, 0.29) is 0 Å². The average molecular weight is 308 g/mol. The Bertz CT molecular complexity index is 826. The molecule has 118 valence electrons. The number of rotatable bonds is 3. The lowest BCUT2D eigenvalue weighted by atomic mass is 10.1. The maximum absolute atomic E-state index is 4.68. The molecule has 0 aromatic carbocycles. The van der Waals surface area contributed by atoms with Crippen molar-refractivity contribution in [3.8, 4) is 0 Å². The Morgan fingerprint density at radius 1 is 1.30 bits per heavy atom. The largest absolute Gasteiger partial charge is 0.290 e. The molecule has 1 atom stereocenters. The van der Waals surface area contributed by atoms with E-state index in [0.29, 0.717) is 6.04 Å². The Hall–Kier alpha value is -2.34. The maximum atomic E-state index is 4.68. The minimum absolute atomic E-state index is 0.360. The first kappa shape index (κ1) is 14.3. The van der Waals surface area contributed by atoms with E-state index in [1.807, 2.05) is 29.9 Å². The molecule has 0 spiro atoms. The fourth-order valence-corrected chi connectivity index (χ4v) is 3.49. The van der Waals surface area contributed by atoms with Gasteiger partial charge < -0.3 is 0 Å². The van der Waals surface area contributed by atoms with E-state index in [0.717, 1.165) is 42.2 Å². The second kappa shape index (κ2) is 5.70. The highest BCUT2D eigenvalue weighted by Crippen LogP contribution is 2.32. The summed E-state index contributed by atoms with van der Waals surface area (Å²) in [6.07, 6.45) is 7.74. The molecular weight excluding hydrogens is 288 g/mol. The normalized spacial score (nSPS) is 18.8. The van der Waals surface area contributed by atoms with E-state index in [1.165, 1.54) is 12.0 Å². The number of hydrogen-bond acceptors (Lipinski definition) is 5. The van der Waals surface area contributed by atoms with Crippen molar-refractivity contribution in [1.29, 1.82) is 0 Å². The lowest BCUT2D eigenvalue weighted by Crippen LogP contribution is -2.23. The van der Waals surface area contributed by atoms with E-state index < -0.39 is 0 Å². The van der Waals surface area contributed by atoms with Crippen LogP contribution >= 0.6 is 0 Å². The maximum Gasteiger partial charge on any atom is 0.159 e. The Morgan fingerprint density at radius 2 is 2.22 bits per heavy atom. The number of aryl methyl sites for hydroxylation is 2. The summed E-state index contributed by atoms with van der Waals surface area (Å²) < 4.78 is 1.93. The molecular formula is C17H20N6. The van der Waals surface area contributed by atoms with Gasteiger partial charge >= 0.3 is 0 Å². The lowest BCUT2D eigenvalue weighted by Gasteiger charge is -2.23. The van der Waals surface area contributed by atoms with Crippen LogP contribution in [0.3, 0.4) is 0 Å². The molecule has 0 aliphatic carbocycles. The van der Waals surface area contributed by atoms with Crippen LogP contribution in [0.1, 0.15) is 41.5 Å². The van der Waals surface area contributed by atoms with Crippen LogP contribution in [0.25, 0.3) is 5.65 Å². The summed E-state index contributed by atoms with van der Waals surface area (Å²) in [5.74, 6) is 0. The van der Waals surface area contributed by atoms with Gasteiger partial charge in [-0.1, -0.05) is 0 Å². The van der Waals surface area contributed by atoms with E-state index in [2.05, 4.69) is 37.9 Å². The zero-order valence-corrected chi connectivity index (χ0v) is 13.5. The van der Waals surface area contributed by atoms with Crippen molar-refractivity contribution in [1.82, 2.24) is 29.5 Å². The number of fused-ring (bicyclic) bond motifs is 1. The minimum Gasteiger partial charge on any atom is -0.290 e. The van der Waals surface area contributed by atoms with Crippen molar-refractivity contribution in [3.63, 3.8) is 0 Å². The standard InChI is InChI=1S/C17H20N6/c1-12-8-13(2)23-17(21-12)14(9-20-23)10-22-7-3-4-16(22)15-5-6-18-11-19-15/h5-6,8-9,11,16H,3-4,7,10H2,1-2H3. The fraction of sp³-hybridized carbons (Fsp3) is 0.412. The zero-order valence-electron chi connectivity index (χ0n) is 13.5. The van der Waals surface area contributed by atoms with Crippen molar-refractivity contribution in [3.05, 3.63) is 53.5 Å². The van der Waals surface area contributed by atoms with Gasteiger partial charge in [0.05, 0.1) is 17.9 Å². The van der Waals surface area contributed by atoms with Crippen LogP contribution in [-0.2, 0) is 6.54 Å². The van der Waals surface area contributed by atoms with Crippen LogP contribution in [0.5, 0.6) is 0 Å². The van der Waals surface area contributed by atoms with Crippen LogP contribution in [0.4, 0.5) is 0 Å². The topological polar surface area (TPSA) is 59.2 Å². The quantitative estimate of drug-likeness (QED) is 0.744. The number of aromatic nitrogens is 5. The molecule has 0 amide bonds. The third kappa shape index (κ3) is 2.59. The molecule has 1 unspecified atom stereocenters. The van der Waals surface area contributed by atoms with Gasteiger partial charge in [0.15, 0.2) is 5.65 Å². The highest BCUT2D eigenvalue weighted by Gasteiger charge is 2.28. The average Bonchev–Trinajstić information content (AvgIpc) is 3.16. The molecule has 1 aliphatic heterocycles. The Morgan fingerprint density at radius 3 is 3.04 bits per heavy atom. The third-order valence-corrected chi connectivity index (χ3v) is 4.53. The molecule has 1 saturated heterocycles. The SMILES string of the molecule is Cc1cc(C)n2ncc(CN3CCCC3c3ccncn3)c2n1. The van der Waals surface area contributed by atoms with Gasteiger partial charge in [0.1, 0.15) is 6.33 Å². The second-order valence-corrected chi connectivity index (χ2v) is 6.21. The van der Waals surface area contributed by atoms with Gasteiger partial charge in [-0.25, -0.2) is 19.5 Å². The van der Waals surface area contributed by atoms with E-state index >= 15 is 0 Å². The van der Waals surface area contributed by atoms with Gasteiger partial charge in [0, 0.05) is 29.7 Å². The summed E-state index contributed by atoms with van der Waals surface area (Å²) in [6, 6.07) is 4.44. The summed E-state index contributed by atoms with van der Waals surface area (Å²) in [5, 5.41) is 4.50. The first-order chi connectivity index (χ1) is 11.2. The molecule has 0 radical (unpaired) electrons. The highest BCUT2D eigenvalue weighted by molar-refractivity contribution is 5.48. The first-order valence-electron chi connectivity index (χ1n) is 8.03. The summed E-state index contributed by atoms with van der Waals surface area (Å²) in [5.41, 5.74) is 5.40. The van der Waals surface area contributed by atoms with Crippen LogP contribution < -0.4 is 0 Å². The van der Waals surface area contributed by atoms with E-state index in [9.17, 15) is 0 Å². The molecule has 3 aromatic heterocycles. The van der Waals surface area contributed by atoms with Crippen LogP contribution in [-0.4, -0.2) is 36.0 Å². The molecule has 0 saturated carbocycles. The zero-order chi connectivity index (χ0) is 15.8. The second-order valence-electron chi connectivity index (χ2n) is 6.21. The van der Waals surface area contributed by atoms with Crippen molar-refractivity contribution < 1.29 is 0 Å². The molecule has 4 heterocycles. The van der Waals surface area contributed by atoms with Gasteiger partial charge in [-0.2, -0.15) is 5.10 Å². The van der Waals surface area contributed by atoms with Crippen LogP contribution in [0.2, 0.25) is 0 Å². The van der Waals surface area contributed by atoms with Crippen molar-refractivity contribution in [2.45, 2.75) is 39.3 Å². The predicted molar refractivity (Wildman–Crippen MR) is 86.9 cm³/mol. The summed E-state index contributed by atoms with van der Waals surface area (Å²) in [6.45, 7) is 6.03. The molecule has 4 rings (SSSR count). The molecule has 1 fully saturated rings. The van der Waals surface area contributed by atoms with Crippen molar-refractivity contribution >= 4 is 5.65 Å². The Balaban J connectivity index is 1.65. The molecule has 0 N–H and O–H groups in total. The summed E-state index contributed by atoms with van der Waals surface area (Å²) in [4.78, 5) is 15.6. The highest BCUT2D eigenvalue weighted by atomic mass is 15.3. The van der Waals surface area contributed by atoms with E-state index in [4.69, 9.17) is 0 Å². The Labute approximate surface area is 135 Å². The molecule has 0 bridgehead atoms. The van der Waals surface area contributed by atoms with E-state index in [1.54, 1.807) is 6.33 Å². The molecule has 23 heavy (non-hydrogen) atoms. The van der Waals surface area contributed by atoms with Gasteiger partial charge in [0.25, 0.3) is 0 Å². The molecule has 1 aliphatic rings. The fourth-order valence-electron chi connectivity index (χ4n) is 3.49. The number of nitrogens with zero attached hydrogens (tertiary/aromatic N) is 6. The van der Waals surface area contributed by atoms with Gasteiger partial charge in [-0.15, -0.1) is 0 Å². The van der Waals surface area contributed by atoms with Crippen LogP contribution in [0, 0.1) is 13.8 Å². The number of hydrogen-bond donors (Lipinski definition) is 0. The lowest BCUT2D eigenvalue weighted by molar-refractivity contribution is 0.245. The monoisotopic (exact) mass is 308 g/mol. The third-order valence-electron chi connectivity index (χ3n) is 4.53. The van der Waals surface area contributed by atoms with Crippen molar-refractivity contribution in [2.24, 2.45) is 0 Å². The van der Waals surface area contributed by atoms with Crippen molar-refractivity contribution in [2.75, 3.05) is 6.54 Å². The van der Waals surface area contributed by atoms with Gasteiger partial charge in [0.2, 0.25) is 0 Å². The summed E-state index contributed by atoms with van der Waals surface area (Å²) in [7, 11) is 0. The molecule has 6 nitrogen and oxygen atoms in total. The first-order valence-corrected chi connectivity index (χ1v) is 8.03. The van der Waals surface area contributed by atoms with Crippen LogP contribution in [0.15, 0.2) is 30.9 Å². The van der Waals surface area contributed by atoms with Gasteiger partial charge in [-0.05, 0) is 45.4 Å². The Kier molecular flexibility index (Phi) is 3.53. The van der Waals surface area contributed by atoms with Gasteiger partial charge in [-0.3, -0.25) is 4.90 Å². The number of likely N-dealkylation sites (tertiary alicyclic amines) is 1. The predicted octanol–water partition coefficient (Wildman–Crippen LogP) is 2.47. The smallest absolute Gasteiger partial charge is 0.159 e. The minimum atomic E-state index is 0.360.